The summed E-state index contributed by atoms with van der Waals surface area (Å²) in [6.07, 6.45) is 0. The topological polar surface area (TPSA) is 41.1 Å². The van der Waals surface area contributed by atoms with Gasteiger partial charge in [0.15, 0.2) is 0 Å². The zero-order valence-electron chi connectivity index (χ0n) is 13.5. The van der Waals surface area contributed by atoms with E-state index in [-0.39, 0.29) is 29.4 Å². The molecule has 1 atom stereocenters. The number of likely N-dealkylation sites (N-methyl/N-ethyl adjacent to an activating group) is 1. The summed E-state index contributed by atoms with van der Waals surface area (Å²) in [6, 6.07) is 15.8. The van der Waals surface area contributed by atoms with Gasteiger partial charge in [0.2, 0.25) is 5.91 Å². The van der Waals surface area contributed by atoms with Gasteiger partial charge < -0.3 is 10.6 Å². The first-order valence-corrected chi connectivity index (χ1v) is 8.54. The van der Waals surface area contributed by atoms with Crippen molar-refractivity contribution < 1.29 is 9.18 Å². The summed E-state index contributed by atoms with van der Waals surface area (Å²) in [4.78, 5) is 13.4. The Bertz CT molecular complexity index is 610. The number of hydrogen-bond acceptors (Lipinski definition) is 3. The molecule has 0 aliphatic carbocycles. The van der Waals surface area contributed by atoms with Gasteiger partial charge >= 0.3 is 0 Å². The minimum absolute atomic E-state index is 0. The molecular weight excluding hydrogens is 347 g/mol. The van der Waals surface area contributed by atoms with Crippen molar-refractivity contribution in [1.82, 2.24) is 10.6 Å². The van der Waals surface area contributed by atoms with Gasteiger partial charge in [0, 0.05) is 18.0 Å². The minimum Gasteiger partial charge on any atom is -0.354 e. The van der Waals surface area contributed by atoms with Crippen LogP contribution in [0, 0.1) is 5.82 Å². The lowest BCUT2D eigenvalue weighted by molar-refractivity contribution is -0.120. The van der Waals surface area contributed by atoms with Gasteiger partial charge in [0.1, 0.15) is 11.1 Å². The highest BCUT2D eigenvalue weighted by molar-refractivity contribution is 8.00. The van der Waals surface area contributed by atoms with E-state index in [1.807, 2.05) is 37.3 Å². The maximum Gasteiger partial charge on any atom is 0.238 e. The molecule has 130 valence electrons. The molecule has 2 aromatic rings. The van der Waals surface area contributed by atoms with Crippen molar-refractivity contribution in [3.05, 3.63) is 66.0 Å². The largest absolute Gasteiger partial charge is 0.354 e. The molecule has 0 bridgehead atoms. The maximum absolute atomic E-state index is 13.0. The van der Waals surface area contributed by atoms with E-state index in [9.17, 15) is 9.18 Å². The molecule has 0 aliphatic rings. The molecule has 1 amide bonds. The van der Waals surface area contributed by atoms with Crippen LogP contribution < -0.4 is 10.6 Å². The van der Waals surface area contributed by atoms with Crippen LogP contribution in [0.3, 0.4) is 0 Å². The lowest BCUT2D eigenvalue weighted by atomic mass is 10.1. The number of carbonyl (C=O) groups excluding carboxylic acids is 1. The molecule has 0 aromatic heterocycles. The van der Waals surface area contributed by atoms with Crippen molar-refractivity contribution in [1.29, 1.82) is 0 Å². The Balaban J connectivity index is 0.00000288. The fourth-order valence-electron chi connectivity index (χ4n) is 2.09. The summed E-state index contributed by atoms with van der Waals surface area (Å²) >= 11 is 1.42. The number of nitrogens with one attached hydrogen (secondary N) is 2. The van der Waals surface area contributed by atoms with E-state index in [0.29, 0.717) is 6.54 Å². The Morgan fingerprint density at radius 2 is 1.75 bits per heavy atom. The molecule has 1 unspecified atom stereocenters. The second-order valence-electron chi connectivity index (χ2n) is 5.01. The molecule has 0 saturated carbocycles. The van der Waals surface area contributed by atoms with E-state index >= 15 is 0 Å². The van der Waals surface area contributed by atoms with Gasteiger partial charge in [-0.05, 0) is 36.4 Å². The van der Waals surface area contributed by atoms with Crippen LogP contribution in [0.2, 0.25) is 0 Å². The summed E-state index contributed by atoms with van der Waals surface area (Å²) in [5, 5.41) is 5.77. The van der Waals surface area contributed by atoms with Crippen molar-refractivity contribution in [2.75, 3.05) is 19.6 Å². The van der Waals surface area contributed by atoms with E-state index in [1.54, 1.807) is 12.1 Å². The van der Waals surface area contributed by atoms with Crippen molar-refractivity contribution >= 4 is 30.1 Å². The molecule has 0 aliphatic heterocycles. The van der Waals surface area contributed by atoms with Crippen molar-refractivity contribution in [2.45, 2.75) is 17.1 Å². The molecule has 0 spiro atoms. The number of halogens is 2. The number of hydrogen-bond donors (Lipinski definition) is 2. The van der Waals surface area contributed by atoms with E-state index in [2.05, 4.69) is 10.6 Å². The van der Waals surface area contributed by atoms with Gasteiger partial charge in [-0.25, -0.2) is 4.39 Å². The van der Waals surface area contributed by atoms with Crippen molar-refractivity contribution in [2.24, 2.45) is 0 Å². The number of carbonyl (C=O) groups is 1. The summed E-state index contributed by atoms with van der Waals surface area (Å²) in [7, 11) is 0. The molecule has 3 nitrogen and oxygen atoms in total. The molecule has 6 heteroatoms. The van der Waals surface area contributed by atoms with E-state index in [0.717, 1.165) is 23.5 Å². The first-order chi connectivity index (χ1) is 11.2. The third-order valence-electron chi connectivity index (χ3n) is 3.26. The molecule has 0 heterocycles. The van der Waals surface area contributed by atoms with Crippen LogP contribution in [0.5, 0.6) is 0 Å². The highest BCUT2D eigenvalue weighted by Crippen LogP contribution is 2.35. The van der Waals surface area contributed by atoms with Crippen molar-refractivity contribution in [3.63, 3.8) is 0 Å². The van der Waals surface area contributed by atoms with Crippen LogP contribution >= 0.6 is 24.2 Å². The molecule has 2 aromatic carbocycles. The quantitative estimate of drug-likeness (QED) is 0.550. The van der Waals surface area contributed by atoms with Crippen LogP contribution in [-0.2, 0) is 4.79 Å². The number of amides is 1. The Morgan fingerprint density at radius 1 is 1.08 bits per heavy atom. The Hall–Kier alpha value is -1.56. The molecule has 2 rings (SSSR count). The smallest absolute Gasteiger partial charge is 0.238 e. The molecule has 0 saturated heterocycles. The average Bonchev–Trinajstić information content (AvgIpc) is 2.59. The zero-order valence-corrected chi connectivity index (χ0v) is 15.1. The first-order valence-electron chi connectivity index (χ1n) is 7.66. The van der Waals surface area contributed by atoms with Crippen LogP contribution in [-0.4, -0.2) is 25.5 Å². The Kier molecular flexibility index (Phi) is 9.45. The fraction of sp³-hybridized carbons (Fsp3) is 0.278. The second-order valence-corrected chi connectivity index (χ2v) is 6.19. The molecule has 0 radical (unpaired) electrons. The third kappa shape index (κ3) is 6.51. The summed E-state index contributed by atoms with van der Waals surface area (Å²) < 4.78 is 13.0. The lowest BCUT2D eigenvalue weighted by Gasteiger charge is -2.17. The first kappa shape index (κ1) is 20.5. The number of thioether (sulfide) groups is 1. The third-order valence-corrected chi connectivity index (χ3v) is 4.53. The molecule has 0 fully saturated rings. The highest BCUT2D eigenvalue weighted by atomic mass is 35.5. The van der Waals surface area contributed by atoms with Crippen LogP contribution in [0.4, 0.5) is 4.39 Å². The molecule has 2 N–H and O–H groups in total. The maximum atomic E-state index is 13.0. The standard InChI is InChI=1S/C18H21FN2OS.ClH/c1-2-20-12-13-21-18(22)17(14-6-4-3-5-7-14)23-16-10-8-15(19)9-11-16;/h3-11,17,20H,2,12-13H2,1H3,(H,21,22);1H. The van der Waals surface area contributed by atoms with E-state index in [4.69, 9.17) is 0 Å². The number of benzene rings is 2. The zero-order chi connectivity index (χ0) is 16.5. The number of rotatable bonds is 8. The van der Waals surface area contributed by atoms with Crippen molar-refractivity contribution in [3.8, 4) is 0 Å². The minimum atomic E-state index is -0.358. The predicted octanol–water partition coefficient (Wildman–Crippen LogP) is 3.81. The Morgan fingerprint density at radius 3 is 2.38 bits per heavy atom. The SMILES string of the molecule is CCNCCNC(=O)C(Sc1ccc(F)cc1)c1ccccc1.Cl. The van der Waals surface area contributed by atoms with Gasteiger partial charge in [-0.2, -0.15) is 0 Å². The lowest BCUT2D eigenvalue weighted by Crippen LogP contribution is -2.34. The van der Waals surface area contributed by atoms with Gasteiger partial charge in [-0.1, -0.05) is 37.3 Å². The summed E-state index contributed by atoms with van der Waals surface area (Å²) in [6.45, 7) is 4.23. The van der Waals surface area contributed by atoms with Gasteiger partial charge in [-0.15, -0.1) is 24.2 Å². The van der Waals surface area contributed by atoms with Crippen LogP contribution in [0.25, 0.3) is 0 Å². The fourth-order valence-corrected chi connectivity index (χ4v) is 3.14. The van der Waals surface area contributed by atoms with Crippen LogP contribution in [0.15, 0.2) is 59.5 Å². The molecule has 24 heavy (non-hydrogen) atoms. The van der Waals surface area contributed by atoms with E-state index < -0.39 is 0 Å². The average molecular weight is 369 g/mol. The van der Waals surface area contributed by atoms with Gasteiger partial charge in [-0.3, -0.25) is 4.79 Å². The summed E-state index contributed by atoms with van der Waals surface area (Å²) in [5.41, 5.74) is 0.933. The van der Waals surface area contributed by atoms with Crippen LogP contribution in [0.1, 0.15) is 17.7 Å². The Labute approximate surface area is 152 Å². The highest BCUT2D eigenvalue weighted by Gasteiger charge is 2.21. The molecular formula is C18H22ClFN2OS. The monoisotopic (exact) mass is 368 g/mol. The van der Waals surface area contributed by atoms with E-state index in [1.165, 1.54) is 23.9 Å². The normalized spacial score (nSPS) is 11.4. The summed E-state index contributed by atoms with van der Waals surface area (Å²) in [5.74, 6) is -0.316. The van der Waals surface area contributed by atoms with Gasteiger partial charge in [0.25, 0.3) is 0 Å². The second kappa shape index (κ2) is 11.1. The predicted molar refractivity (Wildman–Crippen MR) is 100 cm³/mol. The van der Waals surface area contributed by atoms with Gasteiger partial charge in [0.05, 0.1) is 0 Å².